The Morgan fingerprint density at radius 1 is 1.00 bits per heavy atom. The molecular formula is C24H19N5O4. The Morgan fingerprint density at radius 2 is 1.82 bits per heavy atom. The third kappa shape index (κ3) is 3.25. The molecule has 1 aliphatic rings. The van der Waals surface area contributed by atoms with Crippen molar-refractivity contribution < 1.29 is 14.2 Å². The molecular weight excluding hydrogens is 422 g/mol. The van der Waals surface area contributed by atoms with Gasteiger partial charge in [0.05, 0.1) is 31.2 Å². The molecule has 0 saturated heterocycles. The van der Waals surface area contributed by atoms with E-state index in [-0.39, 0.29) is 5.56 Å². The van der Waals surface area contributed by atoms with Gasteiger partial charge in [-0.3, -0.25) is 9.36 Å². The van der Waals surface area contributed by atoms with Crippen molar-refractivity contribution in [3.05, 3.63) is 71.3 Å². The van der Waals surface area contributed by atoms with Gasteiger partial charge in [0.2, 0.25) is 0 Å². The molecule has 0 atom stereocenters. The second-order valence-electron chi connectivity index (χ2n) is 7.61. The lowest BCUT2D eigenvalue weighted by Crippen LogP contribution is -2.18. The molecule has 9 nitrogen and oxygen atoms in total. The Kier molecular flexibility index (Phi) is 4.46. The van der Waals surface area contributed by atoms with Crippen molar-refractivity contribution >= 4 is 16.7 Å². The minimum atomic E-state index is -0.195. The van der Waals surface area contributed by atoms with E-state index in [1.54, 1.807) is 28.6 Å². The van der Waals surface area contributed by atoms with Crippen LogP contribution in [0.5, 0.6) is 17.2 Å². The first-order valence-corrected chi connectivity index (χ1v) is 10.5. The smallest absolute Gasteiger partial charge is 0.266 e. The van der Waals surface area contributed by atoms with E-state index in [2.05, 4.69) is 15.1 Å². The van der Waals surface area contributed by atoms with Crippen LogP contribution in [0.3, 0.4) is 0 Å². The average molecular weight is 441 g/mol. The number of pyridine rings is 1. The standard InChI is InChI=1S/C24H19N5O4/c1-31-17-6-4-16(5-7-17)28-10-9-19-18(23(28)30)14-25-24-26-22(27-29(19)24)15-3-8-20-21(13-15)33-12-2-11-32-20/h3-10,13-14H,2,11-12H2,1H3. The molecule has 0 N–H and O–H groups in total. The Hall–Kier alpha value is -4.40. The predicted molar refractivity (Wildman–Crippen MR) is 121 cm³/mol. The van der Waals surface area contributed by atoms with Gasteiger partial charge >= 0.3 is 0 Å². The molecule has 0 amide bonds. The molecule has 1 aliphatic heterocycles. The molecule has 3 aromatic heterocycles. The summed E-state index contributed by atoms with van der Waals surface area (Å²) in [6.45, 7) is 1.23. The summed E-state index contributed by atoms with van der Waals surface area (Å²) >= 11 is 0. The molecule has 164 valence electrons. The van der Waals surface area contributed by atoms with Crippen LogP contribution in [0, 0.1) is 0 Å². The Balaban J connectivity index is 1.45. The summed E-state index contributed by atoms with van der Waals surface area (Å²) in [7, 11) is 1.60. The monoisotopic (exact) mass is 441 g/mol. The number of hydrogen-bond donors (Lipinski definition) is 0. The zero-order valence-electron chi connectivity index (χ0n) is 17.8. The summed E-state index contributed by atoms with van der Waals surface area (Å²) in [6, 6.07) is 14.7. The number of benzene rings is 2. The number of fused-ring (bicyclic) bond motifs is 4. The van der Waals surface area contributed by atoms with Gasteiger partial charge in [-0.1, -0.05) is 0 Å². The van der Waals surface area contributed by atoms with Crippen molar-refractivity contribution in [1.29, 1.82) is 0 Å². The summed E-state index contributed by atoms with van der Waals surface area (Å²) in [6.07, 6.45) is 4.10. The molecule has 0 bridgehead atoms. The molecule has 33 heavy (non-hydrogen) atoms. The van der Waals surface area contributed by atoms with E-state index in [9.17, 15) is 4.79 Å². The maximum atomic E-state index is 13.2. The van der Waals surface area contributed by atoms with Gasteiger partial charge in [0.1, 0.15) is 5.75 Å². The minimum Gasteiger partial charge on any atom is -0.497 e. The largest absolute Gasteiger partial charge is 0.497 e. The number of methoxy groups -OCH3 is 1. The summed E-state index contributed by atoms with van der Waals surface area (Å²) < 4.78 is 19.8. The molecule has 0 aliphatic carbocycles. The highest BCUT2D eigenvalue weighted by molar-refractivity contribution is 5.79. The molecule has 0 fully saturated rings. The van der Waals surface area contributed by atoms with E-state index in [0.717, 1.165) is 23.4 Å². The molecule has 0 radical (unpaired) electrons. The van der Waals surface area contributed by atoms with E-state index in [1.807, 2.05) is 48.5 Å². The quantitative estimate of drug-likeness (QED) is 0.424. The van der Waals surface area contributed by atoms with Gasteiger partial charge in [0.25, 0.3) is 11.3 Å². The number of hydrogen-bond acceptors (Lipinski definition) is 7. The first-order chi connectivity index (χ1) is 16.2. The van der Waals surface area contributed by atoms with Crippen LogP contribution in [-0.2, 0) is 0 Å². The number of aromatic nitrogens is 5. The van der Waals surface area contributed by atoms with Crippen molar-refractivity contribution in [2.24, 2.45) is 0 Å². The lowest BCUT2D eigenvalue weighted by atomic mass is 10.2. The molecule has 0 saturated carbocycles. The Labute approximate surface area is 187 Å². The van der Waals surface area contributed by atoms with Gasteiger partial charge in [-0.05, 0) is 48.5 Å². The van der Waals surface area contributed by atoms with Crippen molar-refractivity contribution in [3.8, 4) is 34.3 Å². The SMILES string of the molecule is COc1ccc(-n2ccc3c(cnc4nc(-c5ccc6c(c5)OCCCO6)nn43)c2=O)cc1. The zero-order chi connectivity index (χ0) is 22.4. The minimum absolute atomic E-state index is 0.195. The highest BCUT2D eigenvalue weighted by Crippen LogP contribution is 2.33. The fraction of sp³-hybridized carbons (Fsp3) is 0.167. The van der Waals surface area contributed by atoms with Crippen LogP contribution in [-0.4, -0.2) is 44.5 Å². The van der Waals surface area contributed by atoms with E-state index in [1.165, 1.54) is 0 Å². The van der Waals surface area contributed by atoms with Crippen molar-refractivity contribution in [2.45, 2.75) is 6.42 Å². The average Bonchev–Trinajstić information content (AvgIpc) is 3.16. The lowest BCUT2D eigenvalue weighted by molar-refractivity contribution is 0.297. The highest BCUT2D eigenvalue weighted by Gasteiger charge is 2.16. The lowest BCUT2D eigenvalue weighted by Gasteiger charge is -2.08. The second-order valence-corrected chi connectivity index (χ2v) is 7.61. The Bertz CT molecular complexity index is 1560. The molecule has 2 aromatic carbocycles. The molecule has 6 rings (SSSR count). The van der Waals surface area contributed by atoms with Crippen LogP contribution >= 0.6 is 0 Å². The van der Waals surface area contributed by atoms with Gasteiger partial charge in [-0.15, -0.1) is 5.10 Å². The van der Waals surface area contributed by atoms with E-state index in [4.69, 9.17) is 14.2 Å². The van der Waals surface area contributed by atoms with Crippen molar-refractivity contribution in [3.63, 3.8) is 0 Å². The maximum absolute atomic E-state index is 13.2. The summed E-state index contributed by atoms with van der Waals surface area (Å²) in [5, 5.41) is 5.07. The van der Waals surface area contributed by atoms with Crippen LogP contribution in [0.4, 0.5) is 0 Å². The van der Waals surface area contributed by atoms with Gasteiger partial charge in [0, 0.05) is 30.1 Å². The number of rotatable bonds is 3. The number of ether oxygens (including phenoxy) is 3. The summed E-state index contributed by atoms with van der Waals surface area (Å²) in [5.41, 5.74) is 1.95. The van der Waals surface area contributed by atoms with Crippen molar-refractivity contribution in [2.75, 3.05) is 20.3 Å². The van der Waals surface area contributed by atoms with Crippen molar-refractivity contribution in [1.82, 2.24) is 24.1 Å². The Morgan fingerprint density at radius 3 is 2.64 bits per heavy atom. The maximum Gasteiger partial charge on any atom is 0.266 e. The predicted octanol–water partition coefficient (Wildman–Crippen LogP) is 3.27. The third-order valence-electron chi connectivity index (χ3n) is 5.59. The van der Waals surface area contributed by atoms with E-state index >= 15 is 0 Å². The van der Waals surface area contributed by atoms with Gasteiger partial charge in [-0.2, -0.15) is 9.50 Å². The summed E-state index contributed by atoms with van der Waals surface area (Å²) in [5.74, 6) is 3.00. The third-order valence-corrected chi connectivity index (χ3v) is 5.59. The highest BCUT2D eigenvalue weighted by atomic mass is 16.5. The molecule has 9 heteroatoms. The van der Waals surface area contributed by atoms with Crippen LogP contribution in [0.25, 0.3) is 33.8 Å². The van der Waals surface area contributed by atoms with Crippen LogP contribution < -0.4 is 19.8 Å². The normalized spacial score (nSPS) is 13.2. The van der Waals surface area contributed by atoms with Crippen LogP contribution in [0.2, 0.25) is 0 Å². The topological polar surface area (TPSA) is 92.8 Å². The van der Waals surface area contributed by atoms with E-state index < -0.39 is 0 Å². The van der Waals surface area contributed by atoms with Gasteiger partial charge in [-0.25, -0.2) is 4.98 Å². The molecule has 0 unspecified atom stereocenters. The first kappa shape index (κ1) is 19.3. The second kappa shape index (κ2) is 7.63. The molecule has 4 heterocycles. The fourth-order valence-corrected chi connectivity index (χ4v) is 3.89. The summed E-state index contributed by atoms with van der Waals surface area (Å²) in [4.78, 5) is 22.1. The van der Waals surface area contributed by atoms with Crippen LogP contribution in [0.1, 0.15) is 6.42 Å². The first-order valence-electron chi connectivity index (χ1n) is 10.5. The van der Waals surface area contributed by atoms with Crippen LogP contribution in [0.15, 0.2) is 65.7 Å². The van der Waals surface area contributed by atoms with Gasteiger partial charge in [0.15, 0.2) is 17.3 Å². The molecule has 0 spiro atoms. The molecule has 5 aromatic rings. The zero-order valence-corrected chi connectivity index (χ0v) is 17.8. The fourth-order valence-electron chi connectivity index (χ4n) is 3.89. The number of nitrogens with zero attached hydrogens (tertiary/aromatic N) is 5. The van der Waals surface area contributed by atoms with Gasteiger partial charge < -0.3 is 14.2 Å². The van der Waals surface area contributed by atoms with E-state index in [0.29, 0.717) is 47.2 Å².